The molecular weight excluding hydrogens is 298 g/mol. The summed E-state index contributed by atoms with van der Waals surface area (Å²) in [5, 5.41) is 0. The first-order chi connectivity index (χ1) is 9.81. The van der Waals surface area contributed by atoms with Gasteiger partial charge in [0.2, 0.25) is 0 Å². The zero-order valence-corrected chi connectivity index (χ0v) is 12.8. The first-order valence-corrected chi connectivity index (χ1v) is 8.64. The van der Waals surface area contributed by atoms with Crippen LogP contribution in [-0.4, -0.2) is 38.7 Å². The Hall–Kier alpha value is -1.21. The van der Waals surface area contributed by atoms with E-state index in [0.29, 0.717) is 6.42 Å². The highest BCUT2D eigenvalue weighted by atomic mass is 32.2. The number of anilines is 1. The van der Waals surface area contributed by atoms with E-state index in [1.165, 1.54) is 0 Å². The second-order valence-electron chi connectivity index (χ2n) is 5.55. The lowest BCUT2D eigenvalue weighted by Crippen LogP contribution is -2.37. The van der Waals surface area contributed by atoms with Gasteiger partial charge in [-0.05, 0) is 45.0 Å². The number of rotatable bonds is 4. The quantitative estimate of drug-likeness (QED) is 0.865. The van der Waals surface area contributed by atoms with Crippen LogP contribution in [0, 0.1) is 11.6 Å². The highest BCUT2D eigenvalue weighted by molar-refractivity contribution is 7.91. The van der Waals surface area contributed by atoms with Crippen LogP contribution in [0.15, 0.2) is 17.0 Å². The fraction of sp³-hybridized carbons (Fsp3) is 0.571. The molecule has 2 rings (SSSR count). The Kier molecular flexibility index (Phi) is 4.83. The van der Waals surface area contributed by atoms with Crippen molar-refractivity contribution in [1.82, 2.24) is 4.90 Å². The van der Waals surface area contributed by atoms with Crippen LogP contribution in [0.1, 0.15) is 25.7 Å². The molecule has 0 aromatic heterocycles. The Morgan fingerprint density at radius 1 is 1.29 bits per heavy atom. The third kappa shape index (κ3) is 3.71. The van der Waals surface area contributed by atoms with Crippen LogP contribution in [0.4, 0.5) is 14.5 Å². The first kappa shape index (κ1) is 16.2. The molecule has 0 bridgehead atoms. The van der Waals surface area contributed by atoms with Gasteiger partial charge in [-0.25, -0.2) is 17.2 Å². The van der Waals surface area contributed by atoms with Crippen LogP contribution in [0.3, 0.4) is 0 Å². The van der Waals surface area contributed by atoms with E-state index in [1.807, 2.05) is 7.05 Å². The van der Waals surface area contributed by atoms with Crippen molar-refractivity contribution in [3.05, 3.63) is 23.8 Å². The lowest BCUT2D eigenvalue weighted by atomic mass is 10.0. The zero-order valence-electron chi connectivity index (χ0n) is 12.0. The third-order valence-corrected chi connectivity index (χ3v) is 5.76. The smallest absolute Gasteiger partial charge is 0.184 e. The molecule has 0 amide bonds. The van der Waals surface area contributed by atoms with Gasteiger partial charge in [0.15, 0.2) is 9.84 Å². The van der Waals surface area contributed by atoms with E-state index in [9.17, 15) is 17.2 Å². The van der Waals surface area contributed by atoms with E-state index in [-0.39, 0.29) is 17.5 Å². The van der Waals surface area contributed by atoms with Gasteiger partial charge >= 0.3 is 0 Å². The Morgan fingerprint density at radius 2 is 1.90 bits per heavy atom. The molecule has 2 N–H and O–H groups in total. The summed E-state index contributed by atoms with van der Waals surface area (Å²) in [7, 11) is -2.05. The molecule has 0 radical (unpaired) electrons. The second-order valence-corrected chi connectivity index (χ2v) is 7.60. The molecule has 4 nitrogen and oxygen atoms in total. The Labute approximate surface area is 123 Å². The van der Waals surface area contributed by atoms with Gasteiger partial charge in [-0.1, -0.05) is 6.42 Å². The van der Waals surface area contributed by atoms with Gasteiger partial charge < -0.3 is 10.6 Å². The second kappa shape index (κ2) is 6.27. The highest BCUT2D eigenvalue weighted by Crippen LogP contribution is 2.25. The van der Waals surface area contributed by atoms with Crippen LogP contribution in [-0.2, 0) is 9.84 Å². The van der Waals surface area contributed by atoms with Gasteiger partial charge in [0.1, 0.15) is 16.5 Å². The summed E-state index contributed by atoms with van der Waals surface area (Å²) < 4.78 is 51.9. The van der Waals surface area contributed by atoms with Crippen molar-refractivity contribution in [1.29, 1.82) is 0 Å². The summed E-state index contributed by atoms with van der Waals surface area (Å²) in [5.74, 6) is -2.51. The molecule has 1 heterocycles. The van der Waals surface area contributed by atoms with Crippen LogP contribution >= 0.6 is 0 Å². The fourth-order valence-corrected chi connectivity index (χ4v) is 4.28. The number of nitrogen functional groups attached to an aromatic ring is 1. The summed E-state index contributed by atoms with van der Waals surface area (Å²) in [6.07, 6.45) is 3.45. The van der Waals surface area contributed by atoms with Crippen LogP contribution in [0.25, 0.3) is 0 Å². The van der Waals surface area contributed by atoms with Crippen molar-refractivity contribution < 1.29 is 17.2 Å². The maximum Gasteiger partial charge on any atom is 0.184 e. The predicted octanol–water partition coefficient (Wildman–Crippen LogP) is 2.20. The molecular formula is C14H20F2N2O2S. The summed E-state index contributed by atoms with van der Waals surface area (Å²) >= 11 is 0. The molecule has 1 aliphatic heterocycles. The maximum atomic E-state index is 13.7. The minimum atomic E-state index is -3.99. The Bertz CT molecular complexity index is 596. The molecule has 7 heteroatoms. The average Bonchev–Trinajstić information content (AvgIpc) is 2.36. The van der Waals surface area contributed by atoms with Crippen LogP contribution in [0.5, 0.6) is 0 Å². The number of halogens is 2. The molecule has 1 aliphatic rings. The lowest BCUT2D eigenvalue weighted by Gasteiger charge is -2.32. The molecule has 118 valence electrons. The summed E-state index contributed by atoms with van der Waals surface area (Å²) in [6, 6.07) is 1.82. The number of nitrogens with two attached hydrogens (primary N) is 1. The summed E-state index contributed by atoms with van der Waals surface area (Å²) in [6.45, 7) is 0.926. The van der Waals surface area contributed by atoms with E-state index in [1.54, 1.807) is 0 Å². The molecule has 1 fully saturated rings. The maximum absolute atomic E-state index is 13.7. The molecule has 1 atom stereocenters. The van der Waals surface area contributed by atoms with Gasteiger partial charge in [-0.2, -0.15) is 0 Å². The van der Waals surface area contributed by atoms with E-state index >= 15 is 0 Å². The van der Waals surface area contributed by atoms with Crippen molar-refractivity contribution in [3.8, 4) is 0 Å². The topological polar surface area (TPSA) is 63.4 Å². The molecule has 0 spiro atoms. The van der Waals surface area contributed by atoms with Crippen molar-refractivity contribution in [2.45, 2.75) is 36.6 Å². The highest BCUT2D eigenvalue weighted by Gasteiger charge is 2.27. The number of hydrogen-bond acceptors (Lipinski definition) is 4. The van der Waals surface area contributed by atoms with Crippen molar-refractivity contribution >= 4 is 15.5 Å². The number of sulfone groups is 1. The number of hydrogen-bond donors (Lipinski definition) is 1. The standard InChI is InChI=1S/C14H20F2N2O2S/c1-18-6-3-2-4-11(18)5-7-21(19,20)14-12(15)8-10(17)9-13(14)16/h8-9,11H,2-7,17H2,1H3. The van der Waals surface area contributed by atoms with Crippen molar-refractivity contribution in [2.24, 2.45) is 0 Å². The van der Waals surface area contributed by atoms with Gasteiger partial charge in [0.05, 0.1) is 5.75 Å². The molecule has 0 aliphatic carbocycles. The average molecular weight is 318 g/mol. The molecule has 21 heavy (non-hydrogen) atoms. The molecule has 1 unspecified atom stereocenters. The van der Waals surface area contributed by atoms with Crippen LogP contribution in [0.2, 0.25) is 0 Å². The number of nitrogens with zero attached hydrogens (tertiary/aromatic N) is 1. The van der Waals surface area contributed by atoms with Crippen molar-refractivity contribution in [2.75, 3.05) is 25.1 Å². The third-order valence-electron chi connectivity index (χ3n) is 3.97. The number of piperidine rings is 1. The van der Waals surface area contributed by atoms with Gasteiger partial charge in [0.25, 0.3) is 0 Å². The molecule has 1 aromatic rings. The molecule has 1 aromatic carbocycles. The largest absolute Gasteiger partial charge is 0.399 e. The summed E-state index contributed by atoms with van der Waals surface area (Å²) in [4.78, 5) is 1.24. The van der Waals surface area contributed by atoms with Gasteiger partial charge in [0, 0.05) is 11.7 Å². The van der Waals surface area contributed by atoms with E-state index in [2.05, 4.69) is 4.90 Å². The van der Waals surface area contributed by atoms with Crippen LogP contribution < -0.4 is 5.73 Å². The van der Waals surface area contributed by atoms with E-state index < -0.39 is 26.4 Å². The fourth-order valence-electron chi connectivity index (χ4n) is 2.78. The minimum Gasteiger partial charge on any atom is -0.399 e. The normalized spacial score (nSPS) is 20.6. The monoisotopic (exact) mass is 318 g/mol. The Morgan fingerprint density at radius 3 is 2.48 bits per heavy atom. The molecule has 0 saturated carbocycles. The SMILES string of the molecule is CN1CCCCC1CCS(=O)(=O)c1c(F)cc(N)cc1F. The zero-order chi connectivity index (χ0) is 15.6. The first-order valence-electron chi connectivity index (χ1n) is 6.99. The Balaban J connectivity index is 2.15. The van der Waals surface area contributed by atoms with E-state index in [4.69, 9.17) is 5.73 Å². The lowest BCUT2D eigenvalue weighted by molar-refractivity contribution is 0.181. The molecule has 1 saturated heterocycles. The van der Waals surface area contributed by atoms with E-state index in [0.717, 1.165) is 37.9 Å². The van der Waals surface area contributed by atoms with Gasteiger partial charge in [-0.15, -0.1) is 0 Å². The number of likely N-dealkylation sites (tertiary alicyclic amines) is 1. The summed E-state index contributed by atoms with van der Waals surface area (Å²) in [5.41, 5.74) is 5.17. The minimum absolute atomic E-state index is 0.129. The predicted molar refractivity (Wildman–Crippen MR) is 77.7 cm³/mol. The van der Waals surface area contributed by atoms with Gasteiger partial charge in [-0.3, -0.25) is 0 Å². The van der Waals surface area contributed by atoms with Crippen molar-refractivity contribution in [3.63, 3.8) is 0 Å². The number of benzene rings is 1.